The number of amides is 5. The first-order chi connectivity index (χ1) is 15.1. The van der Waals surface area contributed by atoms with Gasteiger partial charge in [-0.05, 0) is 68.2 Å². The quantitative estimate of drug-likeness (QED) is 0.598. The Morgan fingerprint density at radius 1 is 1.09 bits per heavy atom. The standard InChI is InChI=1S/C22H30N4O5S/c1-15-3-7-18(8-4-15)24-21(28)25-32(30,31)19-9-5-17(6-10-19)11-12-23-22(29)26-14-16(2)13-20(26)27/h5-6,9-10,13,15,18H,3-4,7-8,11-12,14H2,1-2H3,(H,23,29)(H2,24,25,28). The third-order valence-corrected chi connectivity index (χ3v) is 7.14. The molecule has 0 saturated heterocycles. The van der Waals surface area contributed by atoms with Crippen LogP contribution in [0.15, 0.2) is 40.8 Å². The molecule has 5 amide bonds. The van der Waals surface area contributed by atoms with E-state index in [9.17, 15) is 22.8 Å². The average Bonchev–Trinajstić information content (AvgIpc) is 3.07. The van der Waals surface area contributed by atoms with Crippen molar-refractivity contribution in [2.24, 2.45) is 5.92 Å². The zero-order chi connectivity index (χ0) is 23.3. The Morgan fingerprint density at radius 3 is 2.34 bits per heavy atom. The molecule has 32 heavy (non-hydrogen) atoms. The van der Waals surface area contributed by atoms with E-state index in [1.54, 1.807) is 19.1 Å². The predicted molar refractivity (Wildman–Crippen MR) is 119 cm³/mol. The van der Waals surface area contributed by atoms with Crippen LogP contribution in [-0.2, 0) is 21.2 Å². The van der Waals surface area contributed by atoms with Gasteiger partial charge in [-0.1, -0.05) is 19.1 Å². The fraction of sp³-hybridized carbons (Fsp3) is 0.500. The Morgan fingerprint density at radius 2 is 1.75 bits per heavy atom. The molecular weight excluding hydrogens is 432 g/mol. The second-order valence-corrected chi connectivity index (χ2v) is 10.3. The number of urea groups is 2. The van der Waals surface area contributed by atoms with Crippen molar-refractivity contribution in [3.63, 3.8) is 0 Å². The second kappa shape index (κ2) is 10.2. The largest absolute Gasteiger partial charge is 0.337 e. The van der Waals surface area contributed by atoms with Gasteiger partial charge in [0.2, 0.25) is 0 Å². The first kappa shape index (κ1) is 23.8. The van der Waals surface area contributed by atoms with Crippen LogP contribution < -0.4 is 15.4 Å². The van der Waals surface area contributed by atoms with Crippen LogP contribution >= 0.6 is 0 Å². The molecule has 0 bridgehead atoms. The van der Waals surface area contributed by atoms with Crippen LogP contribution in [0.5, 0.6) is 0 Å². The summed E-state index contributed by atoms with van der Waals surface area (Å²) in [5, 5.41) is 5.43. The van der Waals surface area contributed by atoms with Crippen molar-refractivity contribution in [1.82, 2.24) is 20.3 Å². The van der Waals surface area contributed by atoms with E-state index in [0.717, 1.165) is 41.7 Å². The molecule has 3 N–H and O–H groups in total. The summed E-state index contributed by atoms with van der Waals surface area (Å²) in [4.78, 5) is 37.0. The van der Waals surface area contributed by atoms with Crippen molar-refractivity contribution in [3.05, 3.63) is 41.5 Å². The summed E-state index contributed by atoms with van der Waals surface area (Å²) in [7, 11) is -3.98. The highest BCUT2D eigenvalue weighted by atomic mass is 32.2. The van der Waals surface area contributed by atoms with E-state index in [0.29, 0.717) is 18.9 Å². The molecule has 0 atom stereocenters. The number of carbonyl (C=O) groups excluding carboxylic acids is 3. The first-order valence-electron chi connectivity index (χ1n) is 10.8. The molecular formula is C22H30N4O5S. The van der Waals surface area contributed by atoms with E-state index in [1.165, 1.54) is 18.2 Å². The monoisotopic (exact) mass is 462 g/mol. The lowest BCUT2D eigenvalue weighted by atomic mass is 9.87. The molecule has 10 heteroatoms. The number of hydrogen-bond acceptors (Lipinski definition) is 5. The van der Waals surface area contributed by atoms with Gasteiger partial charge in [0.15, 0.2) is 0 Å². The van der Waals surface area contributed by atoms with Crippen molar-refractivity contribution < 1.29 is 22.8 Å². The maximum Gasteiger partial charge on any atom is 0.328 e. The lowest BCUT2D eigenvalue weighted by Gasteiger charge is -2.26. The summed E-state index contributed by atoms with van der Waals surface area (Å²) >= 11 is 0. The van der Waals surface area contributed by atoms with Gasteiger partial charge in [0.05, 0.1) is 11.4 Å². The molecule has 0 aromatic heterocycles. The highest BCUT2D eigenvalue weighted by Gasteiger charge is 2.25. The molecule has 1 fully saturated rings. The molecule has 0 unspecified atom stereocenters. The number of nitrogens with zero attached hydrogens (tertiary/aromatic N) is 1. The van der Waals surface area contributed by atoms with Gasteiger partial charge in [0.1, 0.15) is 0 Å². The number of carbonyl (C=O) groups is 3. The van der Waals surface area contributed by atoms with Gasteiger partial charge < -0.3 is 10.6 Å². The minimum Gasteiger partial charge on any atom is -0.337 e. The van der Waals surface area contributed by atoms with Gasteiger partial charge in [-0.25, -0.2) is 22.7 Å². The Balaban J connectivity index is 1.46. The molecule has 1 aromatic rings. The molecule has 2 aliphatic rings. The highest BCUT2D eigenvalue weighted by molar-refractivity contribution is 7.90. The van der Waals surface area contributed by atoms with Crippen LogP contribution in [0.4, 0.5) is 9.59 Å². The van der Waals surface area contributed by atoms with E-state index >= 15 is 0 Å². The molecule has 0 radical (unpaired) electrons. The Labute approximate surface area is 188 Å². The number of sulfonamides is 1. The molecule has 1 aromatic carbocycles. The molecule has 0 spiro atoms. The van der Waals surface area contributed by atoms with Crippen molar-refractivity contribution in [1.29, 1.82) is 0 Å². The number of nitrogens with one attached hydrogen (secondary N) is 3. The van der Waals surface area contributed by atoms with Crippen LogP contribution in [0, 0.1) is 5.92 Å². The number of hydrogen-bond donors (Lipinski definition) is 3. The zero-order valence-corrected chi connectivity index (χ0v) is 19.2. The van der Waals surface area contributed by atoms with Gasteiger partial charge in [-0.2, -0.15) is 0 Å². The summed E-state index contributed by atoms with van der Waals surface area (Å²) in [5.74, 6) is 0.305. The van der Waals surface area contributed by atoms with Crippen molar-refractivity contribution in [2.75, 3.05) is 13.1 Å². The lowest BCUT2D eigenvalue weighted by Crippen LogP contribution is -2.45. The topological polar surface area (TPSA) is 125 Å². The van der Waals surface area contributed by atoms with Gasteiger partial charge >= 0.3 is 12.1 Å². The maximum absolute atomic E-state index is 12.5. The van der Waals surface area contributed by atoms with Crippen LogP contribution in [-0.4, -0.2) is 50.4 Å². The van der Waals surface area contributed by atoms with Gasteiger partial charge in [-0.3, -0.25) is 9.69 Å². The Kier molecular flexibility index (Phi) is 7.55. The summed E-state index contributed by atoms with van der Waals surface area (Å²) in [6.07, 6.45) is 5.63. The van der Waals surface area contributed by atoms with Crippen LogP contribution in [0.2, 0.25) is 0 Å². The third kappa shape index (κ3) is 6.32. The third-order valence-electron chi connectivity index (χ3n) is 5.79. The van der Waals surface area contributed by atoms with E-state index < -0.39 is 22.1 Å². The zero-order valence-electron chi connectivity index (χ0n) is 18.4. The van der Waals surface area contributed by atoms with E-state index in [1.807, 2.05) is 0 Å². The Bertz CT molecular complexity index is 996. The van der Waals surface area contributed by atoms with Crippen LogP contribution in [0.1, 0.15) is 45.1 Å². The highest BCUT2D eigenvalue weighted by Crippen LogP contribution is 2.23. The Hall–Kier alpha value is -2.88. The molecule has 1 heterocycles. The second-order valence-electron chi connectivity index (χ2n) is 8.58. The predicted octanol–water partition coefficient (Wildman–Crippen LogP) is 2.29. The summed E-state index contributed by atoms with van der Waals surface area (Å²) in [5.41, 5.74) is 1.64. The van der Waals surface area contributed by atoms with Gasteiger partial charge in [0.25, 0.3) is 15.9 Å². The van der Waals surface area contributed by atoms with E-state index in [-0.39, 0.29) is 23.4 Å². The fourth-order valence-corrected chi connectivity index (χ4v) is 4.79. The number of imide groups is 1. The van der Waals surface area contributed by atoms with Crippen molar-refractivity contribution >= 4 is 28.0 Å². The minimum absolute atomic E-state index is 0.00506. The molecule has 1 saturated carbocycles. The molecule has 1 aliphatic heterocycles. The molecule has 3 rings (SSSR count). The van der Waals surface area contributed by atoms with Crippen LogP contribution in [0.3, 0.4) is 0 Å². The molecule has 1 aliphatic carbocycles. The normalized spacial score (nSPS) is 21.1. The molecule has 174 valence electrons. The summed E-state index contributed by atoms with van der Waals surface area (Å²) in [6, 6.07) is 4.94. The van der Waals surface area contributed by atoms with Gasteiger partial charge in [-0.15, -0.1) is 0 Å². The molecule has 9 nitrogen and oxygen atoms in total. The maximum atomic E-state index is 12.5. The number of benzene rings is 1. The minimum atomic E-state index is -3.98. The van der Waals surface area contributed by atoms with E-state index in [2.05, 4.69) is 22.3 Å². The summed E-state index contributed by atoms with van der Waals surface area (Å²) in [6.45, 7) is 4.55. The lowest BCUT2D eigenvalue weighted by molar-refractivity contribution is -0.122. The fourth-order valence-electron chi connectivity index (χ4n) is 3.88. The first-order valence-corrected chi connectivity index (χ1v) is 12.3. The van der Waals surface area contributed by atoms with Crippen molar-refractivity contribution in [3.8, 4) is 0 Å². The SMILES string of the molecule is CC1=CC(=O)N(C(=O)NCCc2ccc(S(=O)(=O)NC(=O)NC3CCC(C)CC3)cc2)C1. The van der Waals surface area contributed by atoms with Crippen molar-refractivity contribution in [2.45, 2.75) is 56.9 Å². The number of rotatable bonds is 6. The van der Waals surface area contributed by atoms with Gasteiger partial charge in [0, 0.05) is 18.7 Å². The average molecular weight is 463 g/mol. The smallest absolute Gasteiger partial charge is 0.328 e. The van der Waals surface area contributed by atoms with E-state index in [4.69, 9.17) is 0 Å². The summed E-state index contributed by atoms with van der Waals surface area (Å²) < 4.78 is 27.0. The van der Waals surface area contributed by atoms with Crippen LogP contribution in [0.25, 0.3) is 0 Å².